The number of hydrogen-bond donors (Lipinski definition) is 0. The lowest BCUT2D eigenvalue weighted by atomic mass is 9.96. The third kappa shape index (κ3) is 11.8. The molecule has 1 aliphatic carbocycles. The first-order chi connectivity index (χ1) is 22.9. The third-order valence-electron chi connectivity index (χ3n) is 8.80. The van der Waals surface area contributed by atoms with Crippen LogP contribution in [0.3, 0.4) is 0 Å². The van der Waals surface area contributed by atoms with Gasteiger partial charge in [0, 0.05) is 42.0 Å². The van der Waals surface area contributed by atoms with Gasteiger partial charge in [-0.25, -0.2) is 9.48 Å². The monoisotopic (exact) mass is 668 g/mol. The van der Waals surface area contributed by atoms with Crippen molar-refractivity contribution < 1.29 is 23.8 Å². The second-order valence-electron chi connectivity index (χ2n) is 12.6. The van der Waals surface area contributed by atoms with E-state index in [0.717, 1.165) is 35.4 Å². The summed E-state index contributed by atoms with van der Waals surface area (Å²) in [6.45, 7) is 6.96. The molecule has 2 unspecified atom stereocenters. The second kappa shape index (κ2) is 19.6. The number of hydroxylamine groups is 1. The quantitative estimate of drug-likeness (QED) is 0.233. The molecule has 5 rings (SSSR count). The lowest BCUT2D eigenvalue weighted by molar-refractivity contribution is -0.0825. The van der Waals surface area contributed by atoms with Crippen molar-refractivity contribution in [2.45, 2.75) is 109 Å². The van der Waals surface area contributed by atoms with Crippen LogP contribution >= 0.6 is 11.6 Å². The summed E-state index contributed by atoms with van der Waals surface area (Å²) in [4.78, 5) is 19.7. The van der Waals surface area contributed by atoms with E-state index in [2.05, 4.69) is 23.8 Å². The Morgan fingerprint density at radius 3 is 2.06 bits per heavy atom. The number of carbonyl (C=O) groups excluding carboxylic acids is 1. The molecule has 2 aromatic carbocycles. The van der Waals surface area contributed by atoms with Gasteiger partial charge in [0.1, 0.15) is 6.61 Å². The Hall–Kier alpha value is -3.11. The molecule has 1 amide bonds. The molecule has 0 N–H and O–H groups in total. The number of benzene rings is 2. The SMILES string of the molecule is CC1CN(C2CCCCCCCCCCC2)CC(C)O1.COC(=O)N(OC)c1ccccc1COc1ccn(-c2ccc(Cl)cc2)n1. The van der Waals surface area contributed by atoms with E-state index < -0.39 is 6.09 Å². The molecular formula is C37H53ClN4O5. The zero-order valence-electron chi connectivity index (χ0n) is 28.6. The molecule has 2 heterocycles. The minimum atomic E-state index is -0.628. The van der Waals surface area contributed by atoms with Crippen LogP contribution in [0.5, 0.6) is 5.88 Å². The molecular weight excluding hydrogens is 616 g/mol. The fraction of sp³-hybridized carbons (Fsp3) is 0.568. The fourth-order valence-corrected chi connectivity index (χ4v) is 6.61. The van der Waals surface area contributed by atoms with Crippen LogP contribution in [0.1, 0.15) is 90.0 Å². The van der Waals surface area contributed by atoms with Crippen molar-refractivity contribution >= 4 is 23.4 Å². The summed E-state index contributed by atoms with van der Waals surface area (Å²) in [5.74, 6) is 0.446. The van der Waals surface area contributed by atoms with Crippen LogP contribution < -0.4 is 9.80 Å². The predicted octanol–water partition coefficient (Wildman–Crippen LogP) is 9.01. The Morgan fingerprint density at radius 1 is 0.872 bits per heavy atom. The zero-order chi connectivity index (χ0) is 33.4. The number of amides is 1. The zero-order valence-corrected chi connectivity index (χ0v) is 29.4. The molecule has 0 radical (unpaired) electrons. The number of carbonyl (C=O) groups is 1. The van der Waals surface area contributed by atoms with Gasteiger partial charge in [-0.15, -0.1) is 5.10 Å². The maximum atomic E-state index is 11.9. The first-order valence-corrected chi connectivity index (χ1v) is 17.6. The summed E-state index contributed by atoms with van der Waals surface area (Å²) >= 11 is 5.91. The molecule has 0 bridgehead atoms. The molecule has 2 aliphatic rings. The Bertz CT molecular complexity index is 1310. The van der Waals surface area contributed by atoms with Gasteiger partial charge >= 0.3 is 6.09 Å². The van der Waals surface area contributed by atoms with Crippen LogP contribution in [0.25, 0.3) is 5.69 Å². The van der Waals surface area contributed by atoms with Gasteiger partial charge < -0.3 is 14.2 Å². The second-order valence-corrected chi connectivity index (χ2v) is 13.0. The van der Waals surface area contributed by atoms with Crippen LogP contribution in [0.2, 0.25) is 5.02 Å². The van der Waals surface area contributed by atoms with Crippen molar-refractivity contribution in [3.8, 4) is 11.6 Å². The fourth-order valence-electron chi connectivity index (χ4n) is 6.48. The first kappa shape index (κ1) is 36.7. The minimum absolute atomic E-state index is 0.199. The van der Waals surface area contributed by atoms with Crippen LogP contribution in [-0.4, -0.2) is 66.3 Å². The van der Waals surface area contributed by atoms with Crippen molar-refractivity contribution in [2.75, 3.05) is 32.4 Å². The molecule has 2 atom stereocenters. The summed E-state index contributed by atoms with van der Waals surface area (Å²) in [5.41, 5.74) is 2.14. The summed E-state index contributed by atoms with van der Waals surface area (Å²) < 4.78 is 18.1. The number of nitrogens with zero attached hydrogens (tertiary/aromatic N) is 4. The molecule has 10 heteroatoms. The van der Waals surface area contributed by atoms with Crippen LogP contribution in [-0.2, 0) is 20.9 Å². The maximum Gasteiger partial charge on any atom is 0.438 e. The summed E-state index contributed by atoms with van der Waals surface area (Å²) in [6, 6.07) is 17.1. The molecule has 1 saturated heterocycles. The Morgan fingerprint density at radius 2 is 1.47 bits per heavy atom. The molecule has 258 valence electrons. The van der Waals surface area contributed by atoms with Crippen molar-refractivity contribution in [1.82, 2.24) is 14.7 Å². The van der Waals surface area contributed by atoms with Gasteiger partial charge in [-0.2, -0.15) is 5.06 Å². The number of para-hydroxylation sites is 1. The van der Waals surface area contributed by atoms with Gasteiger partial charge in [0.15, 0.2) is 0 Å². The van der Waals surface area contributed by atoms with Crippen LogP contribution in [0.15, 0.2) is 60.8 Å². The van der Waals surface area contributed by atoms with E-state index in [-0.39, 0.29) is 6.61 Å². The number of anilines is 1. The van der Waals surface area contributed by atoms with Gasteiger partial charge in [-0.3, -0.25) is 9.74 Å². The number of morpholine rings is 1. The summed E-state index contributed by atoms with van der Waals surface area (Å²) in [5, 5.41) is 6.11. The largest absolute Gasteiger partial charge is 0.472 e. The maximum absolute atomic E-state index is 11.9. The number of rotatable bonds is 7. The van der Waals surface area contributed by atoms with Crippen LogP contribution in [0, 0.1) is 0 Å². The lowest BCUT2D eigenvalue weighted by Gasteiger charge is -2.40. The molecule has 1 saturated carbocycles. The number of halogens is 1. The van der Waals surface area contributed by atoms with Gasteiger partial charge in [0.2, 0.25) is 5.88 Å². The van der Waals surface area contributed by atoms with Crippen molar-refractivity contribution in [1.29, 1.82) is 0 Å². The molecule has 1 aliphatic heterocycles. The number of hydrogen-bond acceptors (Lipinski definition) is 7. The van der Waals surface area contributed by atoms with Crippen LogP contribution in [0.4, 0.5) is 10.5 Å². The first-order valence-electron chi connectivity index (χ1n) is 17.2. The average molecular weight is 669 g/mol. The molecule has 3 aromatic rings. The highest BCUT2D eigenvalue weighted by Gasteiger charge is 2.27. The lowest BCUT2D eigenvalue weighted by Crippen LogP contribution is -2.50. The Labute approximate surface area is 286 Å². The van der Waals surface area contributed by atoms with Gasteiger partial charge in [-0.05, 0) is 57.0 Å². The van der Waals surface area contributed by atoms with E-state index in [1.165, 1.54) is 84.8 Å². The van der Waals surface area contributed by atoms with E-state index in [1.807, 2.05) is 24.3 Å². The predicted molar refractivity (Wildman–Crippen MR) is 187 cm³/mol. The third-order valence-corrected chi connectivity index (χ3v) is 9.06. The van der Waals surface area contributed by atoms with Crippen molar-refractivity contribution in [3.05, 3.63) is 71.4 Å². The highest BCUT2D eigenvalue weighted by Crippen LogP contribution is 2.25. The highest BCUT2D eigenvalue weighted by atomic mass is 35.5. The molecule has 9 nitrogen and oxygen atoms in total. The van der Waals surface area contributed by atoms with Crippen molar-refractivity contribution in [2.24, 2.45) is 0 Å². The average Bonchev–Trinajstić information content (AvgIpc) is 3.54. The number of ether oxygens (including phenoxy) is 3. The smallest absolute Gasteiger partial charge is 0.438 e. The van der Waals surface area contributed by atoms with Gasteiger partial charge in [0.05, 0.1) is 37.8 Å². The van der Waals surface area contributed by atoms with E-state index >= 15 is 0 Å². The molecule has 0 spiro atoms. The normalized spacial score (nSPS) is 20.2. The minimum Gasteiger partial charge on any atom is -0.472 e. The standard InChI is InChI=1S/C19H18ClN3O4.C18H35NO/c1-25-19(24)23(26-2)17-6-4-3-5-14(17)13-27-18-11-12-22(21-18)16-9-7-15(20)8-10-16;1-16-14-19(15-17(2)20-16)18-12-10-8-6-4-3-5-7-9-11-13-18/h3-12H,13H2,1-2H3;16-18H,3-15H2,1-2H3. The van der Waals surface area contributed by atoms with E-state index in [4.69, 9.17) is 30.6 Å². The Kier molecular flexibility index (Phi) is 15.4. The Balaban J connectivity index is 0.000000223. The molecule has 2 fully saturated rings. The van der Waals surface area contributed by atoms with Gasteiger partial charge in [-0.1, -0.05) is 87.6 Å². The van der Waals surface area contributed by atoms with E-state index in [1.54, 1.807) is 41.2 Å². The van der Waals surface area contributed by atoms with Crippen molar-refractivity contribution in [3.63, 3.8) is 0 Å². The van der Waals surface area contributed by atoms with E-state index in [9.17, 15) is 4.79 Å². The topological polar surface area (TPSA) is 78.3 Å². The summed E-state index contributed by atoms with van der Waals surface area (Å²) in [6.07, 6.45) is 17.9. The van der Waals surface area contributed by atoms with E-state index in [0.29, 0.717) is 28.8 Å². The number of aromatic nitrogens is 2. The number of methoxy groups -OCH3 is 1. The summed E-state index contributed by atoms with van der Waals surface area (Å²) in [7, 11) is 2.68. The molecule has 47 heavy (non-hydrogen) atoms. The highest BCUT2D eigenvalue weighted by molar-refractivity contribution is 6.30. The van der Waals surface area contributed by atoms with Gasteiger partial charge in [0.25, 0.3) is 0 Å². The molecule has 1 aromatic heterocycles.